The molecule has 0 unspecified atom stereocenters. The first kappa shape index (κ1) is 17.8. The van der Waals surface area contributed by atoms with E-state index >= 15 is 0 Å². The molecule has 0 saturated carbocycles. The minimum absolute atomic E-state index is 0.239. The lowest BCUT2D eigenvalue weighted by Gasteiger charge is -2.28. The van der Waals surface area contributed by atoms with E-state index in [4.69, 9.17) is 30.2 Å². The predicted octanol–water partition coefficient (Wildman–Crippen LogP) is 0.283. The molecule has 0 atom stereocenters. The van der Waals surface area contributed by atoms with Gasteiger partial charge in [-0.15, -0.1) is 0 Å². The zero-order valence-electron chi connectivity index (χ0n) is 15.5. The number of anilines is 3. The van der Waals surface area contributed by atoms with Crippen LogP contribution in [0, 0.1) is 6.92 Å². The fourth-order valence-electron chi connectivity index (χ4n) is 3.17. The predicted molar refractivity (Wildman–Crippen MR) is 101 cm³/mol. The fraction of sp³-hybridized carbons (Fsp3) is 0.588. The van der Waals surface area contributed by atoms with Crippen LogP contribution < -0.4 is 15.5 Å². The highest BCUT2D eigenvalue weighted by molar-refractivity contribution is 5.60. The van der Waals surface area contributed by atoms with E-state index in [1.807, 2.05) is 6.92 Å². The van der Waals surface area contributed by atoms with E-state index in [2.05, 4.69) is 19.8 Å². The number of hydrogen-bond acceptors (Lipinski definition) is 10. The SMILES string of the molecule is Cc1nc(N)ncc1-c1nc(N2CCCOCC2)nc(N2CCOCC2)n1. The van der Waals surface area contributed by atoms with Crippen LogP contribution in [0.25, 0.3) is 11.4 Å². The van der Waals surface area contributed by atoms with E-state index in [0.717, 1.165) is 50.5 Å². The number of nitrogens with zero attached hydrogens (tertiary/aromatic N) is 7. The Balaban J connectivity index is 1.75. The number of morpholine rings is 1. The van der Waals surface area contributed by atoms with Gasteiger partial charge < -0.3 is 25.0 Å². The second-order valence-corrected chi connectivity index (χ2v) is 6.54. The summed E-state index contributed by atoms with van der Waals surface area (Å²) in [5.74, 6) is 2.11. The van der Waals surface area contributed by atoms with E-state index in [9.17, 15) is 0 Å². The molecule has 0 bridgehead atoms. The average molecular weight is 372 g/mol. The maximum absolute atomic E-state index is 5.70. The van der Waals surface area contributed by atoms with Gasteiger partial charge in [0.1, 0.15) is 0 Å². The van der Waals surface area contributed by atoms with Crippen LogP contribution >= 0.6 is 0 Å². The summed E-state index contributed by atoms with van der Waals surface area (Å²) in [6.07, 6.45) is 2.61. The Morgan fingerprint density at radius 2 is 1.48 bits per heavy atom. The maximum Gasteiger partial charge on any atom is 0.230 e. The molecule has 2 aromatic heterocycles. The van der Waals surface area contributed by atoms with Crippen LogP contribution in [0.5, 0.6) is 0 Å². The van der Waals surface area contributed by atoms with Gasteiger partial charge in [0.2, 0.25) is 17.8 Å². The summed E-state index contributed by atoms with van der Waals surface area (Å²) in [7, 11) is 0. The van der Waals surface area contributed by atoms with Crippen LogP contribution in [0.2, 0.25) is 0 Å². The summed E-state index contributed by atoms with van der Waals surface area (Å²) >= 11 is 0. The molecular formula is C17H24N8O2. The quantitative estimate of drug-likeness (QED) is 0.805. The van der Waals surface area contributed by atoms with E-state index < -0.39 is 0 Å². The molecule has 0 amide bonds. The van der Waals surface area contributed by atoms with E-state index in [1.165, 1.54) is 0 Å². The van der Waals surface area contributed by atoms with Crippen LogP contribution in [0.1, 0.15) is 12.1 Å². The summed E-state index contributed by atoms with van der Waals surface area (Å²) < 4.78 is 11.0. The van der Waals surface area contributed by atoms with Gasteiger partial charge in [0.15, 0.2) is 5.82 Å². The molecule has 0 spiro atoms. The summed E-state index contributed by atoms with van der Waals surface area (Å²) in [5, 5.41) is 0. The molecule has 27 heavy (non-hydrogen) atoms. The number of nitrogen functional groups attached to an aromatic ring is 1. The van der Waals surface area contributed by atoms with Crippen molar-refractivity contribution >= 4 is 17.8 Å². The van der Waals surface area contributed by atoms with Gasteiger partial charge in [0.05, 0.1) is 31.1 Å². The van der Waals surface area contributed by atoms with Crippen LogP contribution in [0.4, 0.5) is 17.8 Å². The second kappa shape index (κ2) is 7.97. The van der Waals surface area contributed by atoms with Crippen molar-refractivity contribution in [1.29, 1.82) is 0 Å². The third kappa shape index (κ3) is 4.06. The fourth-order valence-corrected chi connectivity index (χ4v) is 3.17. The van der Waals surface area contributed by atoms with Gasteiger partial charge in [0.25, 0.3) is 0 Å². The molecule has 4 heterocycles. The third-order valence-electron chi connectivity index (χ3n) is 4.65. The van der Waals surface area contributed by atoms with Crippen molar-refractivity contribution in [3.63, 3.8) is 0 Å². The Bertz CT molecular complexity index is 788. The number of rotatable bonds is 3. The number of aromatic nitrogens is 5. The molecule has 10 nitrogen and oxygen atoms in total. The van der Waals surface area contributed by atoms with Crippen molar-refractivity contribution in [3.05, 3.63) is 11.9 Å². The van der Waals surface area contributed by atoms with Gasteiger partial charge in [-0.1, -0.05) is 0 Å². The summed E-state index contributed by atoms with van der Waals surface area (Å²) in [4.78, 5) is 26.8. The minimum Gasteiger partial charge on any atom is -0.380 e. The Morgan fingerprint density at radius 1 is 0.852 bits per heavy atom. The van der Waals surface area contributed by atoms with Gasteiger partial charge in [-0.3, -0.25) is 0 Å². The summed E-state index contributed by atoms with van der Waals surface area (Å²) in [6.45, 7) is 7.74. The molecule has 0 aliphatic carbocycles. The normalized spacial score (nSPS) is 18.4. The highest BCUT2D eigenvalue weighted by atomic mass is 16.5. The van der Waals surface area contributed by atoms with Crippen molar-refractivity contribution in [2.45, 2.75) is 13.3 Å². The van der Waals surface area contributed by atoms with Gasteiger partial charge in [-0.2, -0.15) is 15.0 Å². The number of aryl methyl sites for hydroxylation is 1. The molecule has 0 aromatic carbocycles. The summed E-state index contributed by atoms with van der Waals surface area (Å²) in [5.41, 5.74) is 7.20. The summed E-state index contributed by atoms with van der Waals surface area (Å²) in [6, 6.07) is 0. The molecule has 4 rings (SSSR count). The zero-order chi connectivity index (χ0) is 18.6. The molecule has 10 heteroatoms. The van der Waals surface area contributed by atoms with E-state index in [1.54, 1.807) is 6.20 Å². The second-order valence-electron chi connectivity index (χ2n) is 6.54. The Morgan fingerprint density at radius 3 is 2.15 bits per heavy atom. The van der Waals surface area contributed by atoms with Crippen molar-refractivity contribution in [2.24, 2.45) is 0 Å². The Labute approximate surface area is 157 Å². The van der Waals surface area contributed by atoms with Gasteiger partial charge >= 0.3 is 0 Å². The highest BCUT2D eigenvalue weighted by Gasteiger charge is 2.21. The van der Waals surface area contributed by atoms with Gasteiger partial charge in [-0.05, 0) is 13.3 Å². The topological polar surface area (TPSA) is 115 Å². The van der Waals surface area contributed by atoms with E-state index in [-0.39, 0.29) is 5.95 Å². The molecule has 2 aromatic rings. The highest BCUT2D eigenvalue weighted by Crippen LogP contribution is 2.24. The smallest absolute Gasteiger partial charge is 0.230 e. The lowest BCUT2D eigenvalue weighted by molar-refractivity contribution is 0.122. The van der Waals surface area contributed by atoms with E-state index in [0.29, 0.717) is 37.5 Å². The molecule has 2 N–H and O–H groups in total. The van der Waals surface area contributed by atoms with Crippen LogP contribution in [0.15, 0.2) is 6.20 Å². The Kier molecular flexibility index (Phi) is 5.26. The molecule has 2 saturated heterocycles. The number of nitrogens with two attached hydrogens (primary N) is 1. The zero-order valence-corrected chi connectivity index (χ0v) is 15.5. The van der Waals surface area contributed by atoms with Gasteiger partial charge in [0, 0.05) is 39.0 Å². The molecule has 2 aliphatic rings. The van der Waals surface area contributed by atoms with Crippen molar-refractivity contribution in [1.82, 2.24) is 24.9 Å². The number of ether oxygens (including phenoxy) is 2. The van der Waals surface area contributed by atoms with Crippen molar-refractivity contribution < 1.29 is 9.47 Å². The maximum atomic E-state index is 5.70. The molecule has 144 valence electrons. The standard InChI is InChI=1S/C17H24N8O2/c1-12-13(11-19-15(18)20-12)14-21-16(24-3-2-7-26-8-4-24)23-17(22-14)25-5-9-27-10-6-25/h11H,2-10H2,1H3,(H2,18,19,20). The first-order chi connectivity index (χ1) is 13.2. The molecular weight excluding hydrogens is 348 g/mol. The molecule has 2 fully saturated rings. The van der Waals surface area contributed by atoms with Gasteiger partial charge in [-0.25, -0.2) is 9.97 Å². The number of hydrogen-bond donors (Lipinski definition) is 1. The van der Waals surface area contributed by atoms with Crippen LogP contribution in [-0.2, 0) is 9.47 Å². The van der Waals surface area contributed by atoms with Crippen LogP contribution in [-0.4, -0.2) is 77.5 Å². The first-order valence-corrected chi connectivity index (χ1v) is 9.21. The minimum atomic E-state index is 0.239. The lowest BCUT2D eigenvalue weighted by Crippen LogP contribution is -2.38. The van der Waals surface area contributed by atoms with Crippen molar-refractivity contribution in [2.75, 3.05) is 68.1 Å². The molecule has 2 aliphatic heterocycles. The molecule has 0 radical (unpaired) electrons. The monoisotopic (exact) mass is 372 g/mol. The van der Waals surface area contributed by atoms with Crippen LogP contribution in [0.3, 0.4) is 0 Å². The van der Waals surface area contributed by atoms with Crippen molar-refractivity contribution in [3.8, 4) is 11.4 Å². The lowest BCUT2D eigenvalue weighted by atomic mass is 10.2. The Hall–Kier alpha value is -2.59. The largest absolute Gasteiger partial charge is 0.380 e. The average Bonchev–Trinajstić information content (AvgIpc) is 2.98. The first-order valence-electron chi connectivity index (χ1n) is 9.21. The third-order valence-corrected chi connectivity index (χ3v) is 4.65.